The van der Waals surface area contributed by atoms with Crippen molar-refractivity contribution < 1.29 is 4.57 Å². The minimum absolute atomic E-state index is 0.950. The van der Waals surface area contributed by atoms with Crippen molar-refractivity contribution in [2.45, 2.75) is 45.6 Å². The summed E-state index contributed by atoms with van der Waals surface area (Å²) in [6.07, 6.45) is 10.2. The van der Waals surface area contributed by atoms with Crippen molar-refractivity contribution in [1.82, 2.24) is 0 Å². The van der Waals surface area contributed by atoms with Gasteiger partial charge in [0.25, 0.3) is 5.01 Å². The number of benzene rings is 3. The normalized spacial score (nSPS) is 14.9. The van der Waals surface area contributed by atoms with Crippen LogP contribution in [-0.2, 0) is 6.54 Å². The molecule has 4 aromatic rings. The molecular formula is C32H33N2S2+. The molecule has 1 aromatic heterocycles. The second-order valence-electron chi connectivity index (χ2n) is 9.03. The van der Waals surface area contributed by atoms with Crippen molar-refractivity contribution in [2.75, 3.05) is 11.4 Å². The fourth-order valence-corrected chi connectivity index (χ4v) is 6.99. The lowest BCUT2D eigenvalue weighted by atomic mass is 10.1. The van der Waals surface area contributed by atoms with Gasteiger partial charge in [-0.3, -0.25) is 0 Å². The van der Waals surface area contributed by atoms with Gasteiger partial charge < -0.3 is 4.90 Å². The highest BCUT2D eigenvalue weighted by atomic mass is 32.2. The van der Waals surface area contributed by atoms with Crippen LogP contribution in [0.15, 0.2) is 88.3 Å². The van der Waals surface area contributed by atoms with E-state index >= 15 is 0 Å². The Balaban J connectivity index is 1.48. The third kappa shape index (κ3) is 5.07. The van der Waals surface area contributed by atoms with Gasteiger partial charge in [0.15, 0.2) is 0 Å². The number of hydrogen-bond acceptors (Lipinski definition) is 3. The fourth-order valence-electron chi connectivity index (χ4n) is 4.62. The van der Waals surface area contributed by atoms with E-state index < -0.39 is 0 Å². The first kappa shape index (κ1) is 24.6. The summed E-state index contributed by atoms with van der Waals surface area (Å²) in [5.74, 6) is 0. The Morgan fingerprint density at radius 2 is 1.72 bits per heavy atom. The van der Waals surface area contributed by atoms with Gasteiger partial charge >= 0.3 is 0 Å². The molecule has 3 aromatic carbocycles. The molecule has 0 aliphatic carbocycles. The Hall–Kier alpha value is -3.08. The Bertz CT molecular complexity index is 1480. The molecule has 0 atom stereocenters. The SMILES string of the molecule is CCC(=Cc1sc2ccc(C=Cc3ccccc3)cc2[n+]1CC)C=C1Sc2ccc(C)cc2N1CC. The number of nitrogens with zero attached hydrogens (tertiary/aromatic N) is 2. The highest BCUT2D eigenvalue weighted by Gasteiger charge is 2.24. The zero-order valence-corrected chi connectivity index (χ0v) is 23.1. The van der Waals surface area contributed by atoms with Gasteiger partial charge in [0.2, 0.25) is 5.52 Å². The lowest BCUT2D eigenvalue weighted by Crippen LogP contribution is -2.33. The van der Waals surface area contributed by atoms with Gasteiger partial charge in [-0.25, -0.2) is 0 Å². The topological polar surface area (TPSA) is 7.12 Å². The summed E-state index contributed by atoms with van der Waals surface area (Å²) in [6.45, 7) is 10.8. The molecule has 0 N–H and O–H groups in total. The van der Waals surface area contributed by atoms with Crippen LogP contribution in [0.1, 0.15) is 48.9 Å². The number of hydrogen-bond donors (Lipinski definition) is 0. The van der Waals surface area contributed by atoms with E-state index in [-0.39, 0.29) is 0 Å². The molecule has 1 aliphatic rings. The number of thioether (sulfide) groups is 1. The molecule has 36 heavy (non-hydrogen) atoms. The van der Waals surface area contributed by atoms with Crippen LogP contribution in [0.2, 0.25) is 0 Å². The minimum Gasteiger partial charge on any atom is -0.335 e. The predicted molar refractivity (Wildman–Crippen MR) is 159 cm³/mol. The van der Waals surface area contributed by atoms with Crippen LogP contribution in [0.3, 0.4) is 0 Å². The van der Waals surface area contributed by atoms with Crippen LogP contribution in [0.25, 0.3) is 28.4 Å². The number of fused-ring (bicyclic) bond motifs is 2. The van der Waals surface area contributed by atoms with Crippen LogP contribution in [-0.4, -0.2) is 6.54 Å². The van der Waals surface area contributed by atoms with Gasteiger partial charge in [-0.1, -0.05) is 84.6 Å². The number of allylic oxidation sites excluding steroid dienone is 2. The van der Waals surface area contributed by atoms with Gasteiger partial charge in [-0.2, -0.15) is 4.57 Å². The number of aromatic nitrogens is 1. The smallest absolute Gasteiger partial charge is 0.263 e. The lowest BCUT2D eigenvalue weighted by molar-refractivity contribution is -0.665. The molecular weight excluding hydrogens is 477 g/mol. The molecule has 2 heterocycles. The summed E-state index contributed by atoms with van der Waals surface area (Å²) in [4.78, 5) is 3.80. The van der Waals surface area contributed by atoms with Gasteiger partial charge in [0.05, 0.1) is 10.7 Å². The van der Waals surface area contributed by atoms with E-state index in [1.54, 1.807) is 0 Å². The molecule has 2 nitrogen and oxygen atoms in total. The average Bonchev–Trinajstić information content (AvgIpc) is 3.43. The van der Waals surface area contributed by atoms with Crippen LogP contribution < -0.4 is 9.47 Å². The second-order valence-corrected chi connectivity index (χ2v) is 11.2. The van der Waals surface area contributed by atoms with Crippen molar-refractivity contribution in [1.29, 1.82) is 0 Å². The third-order valence-corrected chi connectivity index (χ3v) is 8.79. The number of rotatable bonds is 7. The number of thiazole rings is 1. The van der Waals surface area contributed by atoms with Crippen LogP contribution >= 0.6 is 23.1 Å². The van der Waals surface area contributed by atoms with Crippen molar-refractivity contribution >= 4 is 57.2 Å². The maximum Gasteiger partial charge on any atom is 0.263 e. The summed E-state index contributed by atoms with van der Waals surface area (Å²) < 4.78 is 3.78. The molecule has 0 bridgehead atoms. The minimum atomic E-state index is 0.950. The monoisotopic (exact) mass is 509 g/mol. The van der Waals surface area contributed by atoms with E-state index in [1.807, 2.05) is 23.1 Å². The van der Waals surface area contributed by atoms with E-state index in [0.717, 1.165) is 19.5 Å². The first-order valence-electron chi connectivity index (χ1n) is 12.8. The summed E-state index contributed by atoms with van der Waals surface area (Å²) in [5.41, 5.74) is 7.77. The largest absolute Gasteiger partial charge is 0.335 e. The standard InChI is InChI=1S/C32H33N2S2/c1-5-24(21-31-33(6-2)27-19-23(4)13-17-29(27)35-31)22-32-34(7-3)28-20-26(16-18-30(28)36-32)15-14-25-11-9-8-10-12-25/h8-22H,5-7H2,1-4H3/q+1. The summed E-state index contributed by atoms with van der Waals surface area (Å²) in [7, 11) is 0. The van der Waals surface area contributed by atoms with Gasteiger partial charge in [0.1, 0.15) is 11.2 Å². The maximum atomic E-state index is 2.45. The molecule has 0 spiro atoms. The first-order chi connectivity index (χ1) is 17.6. The average molecular weight is 510 g/mol. The van der Waals surface area contributed by atoms with E-state index in [9.17, 15) is 0 Å². The van der Waals surface area contributed by atoms with Crippen molar-refractivity contribution in [2.24, 2.45) is 0 Å². The molecule has 5 rings (SSSR count). The maximum absolute atomic E-state index is 2.45. The quantitative estimate of drug-likeness (QED) is 0.181. The number of anilines is 1. The third-order valence-electron chi connectivity index (χ3n) is 6.57. The lowest BCUT2D eigenvalue weighted by Gasteiger charge is -2.18. The molecule has 0 saturated carbocycles. The van der Waals surface area contributed by atoms with Crippen LogP contribution in [0, 0.1) is 6.92 Å². The Morgan fingerprint density at radius 3 is 2.47 bits per heavy atom. The van der Waals surface area contributed by atoms with E-state index in [2.05, 4.69) is 128 Å². The predicted octanol–water partition coefficient (Wildman–Crippen LogP) is 8.95. The van der Waals surface area contributed by atoms with Gasteiger partial charge in [-0.05, 0) is 73.7 Å². The van der Waals surface area contributed by atoms with E-state index in [0.29, 0.717) is 0 Å². The van der Waals surface area contributed by atoms with Crippen molar-refractivity contribution in [3.63, 3.8) is 0 Å². The molecule has 0 radical (unpaired) electrons. The molecule has 0 fully saturated rings. The van der Waals surface area contributed by atoms with E-state index in [4.69, 9.17) is 0 Å². The highest BCUT2D eigenvalue weighted by molar-refractivity contribution is 8.03. The van der Waals surface area contributed by atoms with Crippen molar-refractivity contribution in [3.8, 4) is 0 Å². The van der Waals surface area contributed by atoms with Crippen LogP contribution in [0.4, 0.5) is 5.69 Å². The van der Waals surface area contributed by atoms with E-state index in [1.165, 1.54) is 53.1 Å². The summed E-state index contributed by atoms with van der Waals surface area (Å²) in [6, 6.07) is 24.1. The molecule has 0 amide bonds. The van der Waals surface area contributed by atoms with Gasteiger partial charge in [0, 0.05) is 23.6 Å². The Labute approximate surface area is 223 Å². The fraction of sp³-hybridized carbons (Fsp3) is 0.219. The van der Waals surface area contributed by atoms with Crippen molar-refractivity contribution in [3.05, 3.63) is 105 Å². The highest BCUT2D eigenvalue weighted by Crippen LogP contribution is 2.46. The summed E-state index contributed by atoms with van der Waals surface area (Å²) in [5, 5.41) is 2.63. The molecule has 4 heteroatoms. The zero-order valence-electron chi connectivity index (χ0n) is 21.5. The first-order valence-corrected chi connectivity index (χ1v) is 14.4. The molecule has 0 saturated heterocycles. The Kier molecular flexibility index (Phi) is 7.45. The summed E-state index contributed by atoms with van der Waals surface area (Å²) >= 11 is 3.77. The zero-order chi connectivity index (χ0) is 25.1. The molecule has 182 valence electrons. The van der Waals surface area contributed by atoms with Gasteiger partial charge in [-0.15, -0.1) is 0 Å². The Morgan fingerprint density at radius 1 is 0.917 bits per heavy atom. The van der Waals surface area contributed by atoms with Crippen LogP contribution in [0.5, 0.6) is 0 Å². The molecule has 1 aliphatic heterocycles. The number of aryl methyl sites for hydroxylation is 2. The molecule has 0 unspecified atom stereocenters. The second kappa shape index (κ2) is 10.9.